The molecule has 6 nitrogen and oxygen atoms in total. The first kappa shape index (κ1) is 16.4. The van der Waals surface area contributed by atoms with Crippen LogP contribution in [0.4, 0.5) is 0 Å². The third-order valence-corrected chi connectivity index (χ3v) is 5.14. The second-order valence-corrected chi connectivity index (χ2v) is 6.68. The average molecular weight is 374 g/mol. The Morgan fingerprint density at radius 2 is 1.46 bits per heavy atom. The summed E-state index contributed by atoms with van der Waals surface area (Å²) in [6.07, 6.45) is 0. The summed E-state index contributed by atoms with van der Waals surface area (Å²) in [5.74, 6) is -1.03. The number of Topliss-reactive ketones (excluding diaryl/α,β-unsaturated/α-hetero) is 1. The summed E-state index contributed by atoms with van der Waals surface area (Å²) in [7, 11) is 0. The largest absolute Gasteiger partial charge is 0.507 e. The first-order valence-corrected chi connectivity index (χ1v) is 8.68. The minimum atomic E-state index is -0.845. The zero-order valence-electron chi connectivity index (χ0n) is 14.5. The number of phenolic OH excluding ortho intramolecular Hbond substituents is 2. The molecule has 0 radical (unpaired) electrons. The van der Waals surface area contributed by atoms with Gasteiger partial charge in [-0.3, -0.25) is 9.59 Å². The zero-order valence-corrected chi connectivity index (χ0v) is 14.5. The van der Waals surface area contributed by atoms with Gasteiger partial charge in [-0.25, -0.2) is 0 Å². The van der Waals surface area contributed by atoms with Gasteiger partial charge in [0.1, 0.15) is 11.5 Å². The molecule has 0 saturated carbocycles. The van der Waals surface area contributed by atoms with E-state index in [0.717, 1.165) is 0 Å². The van der Waals surface area contributed by atoms with Gasteiger partial charge in [-0.2, -0.15) is 0 Å². The molecule has 0 fully saturated rings. The van der Waals surface area contributed by atoms with Crippen LogP contribution in [0.5, 0.6) is 23.0 Å². The van der Waals surface area contributed by atoms with Crippen molar-refractivity contribution in [1.29, 1.82) is 0 Å². The van der Waals surface area contributed by atoms with Gasteiger partial charge in [0.2, 0.25) is 12.6 Å². The van der Waals surface area contributed by atoms with Crippen molar-refractivity contribution in [2.24, 2.45) is 0 Å². The maximum Gasteiger partial charge on any atom is 0.231 e. The van der Waals surface area contributed by atoms with Gasteiger partial charge >= 0.3 is 0 Å². The molecule has 2 N–H and O–H groups in total. The second-order valence-electron chi connectivity index (χ2n) is 6.68. The predicted octanol–water partition coefficient (Wildman–Crippen LogP) is 3.39. The molecule has 6 heteroatoms. The Bertz CT molecular complexity index is 1110. The molecule has 1 heterocycles. The van der Waals surface area contributed by atoms with Crippen LogP contribution >= 0.6 is 0 Å². The number of fused-ring (bicyclic) bond motifs is 3. The second kappa shape index (κ2) is 5.85. The molecule has 138 valence electrons. The van der Waals surface area contributed by atoms with E-state index >= 15 is 0 Å². The summed E-state index contributed by atoms with van der Waals surface area (Å²) in [6, 6.07) is 14.2. The Morgan fingerprint density at radius 1 is 0.857 bits per heavy atom. The van der Waals surface area contributed by atoms with Gasteiger partial charge in [0.05, 0.1) is 17.0 Å². The summed E-state index contributed by atoms with van der Waals surface area (Å²) in [5.41, 5.74) is 1.27. The van der Waals surface area contributed by atoms with Crippen molar-refractivity contribution in [2.45, 2.75) is 5.92 Å². The lowest BCUT2D eigenvalue weighted by Gasteiger charge is -2.27. The van der Waals surface area contributed by atoms with E-state index in [-0.39, 0.29) is 35.2 Å². The molecule has 28 heavy (non-hydrogen) atoms. The molecule has 3 aromatic rings. The molecule has 5 rings (SSSR count). The monoisotopic (exact) mass is 374 g/mol. The number of aromatic hydroxyl groups is 2. The summed E-state index contributed by atoms with van der Waals surface area (Å²) in [4.78, 5) is 26.4. The van der Waals surface area contributed by atoms with Gasteiger partial charge in [-0.05, 0) is 41.5 Å². The number of rotatable bonds is 2. The summed E-state index contributed by atoms with van der Waals surface area (Å²) < 4.78 is 10.7. The molecule has 0 aromatic heterocycles. The quantitative estimate of drug-likeness (QED) is 0.668. The predicted molar refractivity (Wildman–Crippen MR) is 98.4 cm³/mol. The van der Waals surface area contributed by atoms with Crippen LogP contribution in [-0.4, -0.2) is 28.6 Å². The minimum Gasteiger partial charge on any atom is -0.507 e. The lowest BCUT2D eigenvalue weighted by molar-refractivity contribution is 0.0966. The highest BCUT2D eigenvalue weighted by molar-refractivity contribution is 6.19. The molecule has 0 atom stereocenters. The standard InChI is InChI=1S/C22H14O6/c23-14-5-1-3-12-18(13-4-2-6-15(24)20(13)22(26)19(12)14)21(25)11-7-8-16-17(9-11)28-10-27-16/h1-9,18,23-24H,10H2. The molecule has 0 saturated heterocycles. The minimum absolute atomic E-state index is 0.0376. The topological polar surface area (TPSA) is 93.1 Å². The Hall–Kier alpha value is -3.80. The normalized spacial score (nSPS) is 14.5. The lowest BCUT2D eigenvalue weighted by atomic mass is 9.73. The SMILES string of the molecule is O=C1c2c(O)cccc2C(C(=O)c2ccc3c(c2)OCO3)c2cccc(O)c21. The Balaban J connectivity index is 1.73. The van der Waals surface area contributed by atoms with Crippen molar-refractivity contribution < 1.29 is 29.3 Å². The fourth-order valence-corrected chi connectivity index (χ4v) is 3.88. The van der Waals surface area contributed by atoms with Crippen LogP contribution in [0.25, 0.3) is 0 Å². The number of phenols is 2. The van der Waals surface area contributed by atoms with Crippen LogP contribution in [0, 0.1) is 0 Å². The lowest BCUT2D eigenvalue weighted by Crippen LogP contribution is -2.25. The van der Waals surface area contributed by atoms with Crippen LogP contribution in [0.2, 0.25) is 0 Å². The van der Waals surface area contributed by atoms with Crippen molar-refractivity contribution in [3.05, 3.63) is 82.4 Å². The van der Waals surface area contributed by atoms with E-state index in [2.05, 4.69) is 0 Å². The van der Waals surface area contributed by atoms with Crippen molar-refractivity contribution in [3.8, 4) is 23.0 Å². The molecule has 1 aliphatic heterocycles. The summed E-state index contributed by atoms with van der Waals surface area (Å²) in [6.45, 7) is 0.0956. The molecule has 0 bridgehead atoms. The van der Waals surface area contributed by atoms with Gasteiger partial charge < -0.3 is 19.7 Å². The molecule has 0 spiro atoms. The highest BCUT2D eigenvalue weighted by Gasteiger charge is 2.39. The van der Waals surface area contributed by atoms with Gasteiger partial charge in [0.15, 0.2) is 17.3 Å². The van der Waals surface area contributed by atoms with E-state index in [0.29, 0.717) is 28.2 Å². The number of hydrogen-bond acceptors (Lipinski definition) is 6. The number of benzene rings is 3. The van der Waals surface area contributed by atoms with E-state index in [1.165, 1.54) is 12.1 Å². The Kier molecular flexibility index (Phi) is 3.42. The van der Waals surface area contributed by atoms with Crippen LogP contribution in [0.15, 0.2) is 54.6 Å². The van der Waals surface area contributed by atoms with Crippen LogP contribution in [0.3, 0.4) is 0 Å². The van der Waals surface area contributed by atoms with E-state index in [1.807, 2.05) is 0 Å². The molecular formula is C22H14O6. The zero-order chi connectivity index (χ0) is 19.4. The maximum atomic E-state index is 13.5. The molecule has 0 unspecified atom stereocenters. The van der Waals surface area contributed by atoms with Gasteiger partial charge in [-0.1, -0.05) is 24.3 Å². The van der Waals surface area contributed by atoms with Crippen molar-refractivity contribution in [2.75, 3.05) is 6.79 Å². The molecule has 0 amide bonds. The number of carbonyl (C=O) groups is 2. The van der Waals surface area contributed by atoms with Crippen LogP contribution < -0.4 is 9.47 Å². The van der Waals surface area contributed by atoms with E-state index in [9.17, 15) is 19.8 Å². The van der Waals surface area contributed by atoms with Crippen molar-refractivity contribution in [1.82, 2.24) is 0 Å². The smallest absolute Gasteiger partial charge is 0.231 e. The van der Waals surface area contributed by atoms with Gasteiger partial charge in [0, 0.05) is 5.56 Å². The number of ketones is 2. The first-order valence-electron chi connectivity index (χ1n) is 8.68. The van der Waals surface area contributed by atoms with E-state index in [4.69, 9.17) is 9.47 Å². The number of carbonyl (C=O) groups excluding carboxylic acids is 2. The number of ether oxygens (including phenoxy) is 2. The third-order valence-electron chi connectivity index (χ3n) is 5.14. The molecular weight excluding hydrogens is 360 g/mol. The molecule has 2 aliphatic rings. The number of hydrogen-bond donors (Lipinski definition) is 2. The molecule has 1 aliphatic carbocycles. The van der Waals surface area contributed by atoms with Gasteiger partial charge in [0.25, 0.3) is 0 Å². The summed E-state index contributed by atoms with van der Waals surface area (Å²) in [5, 5.41) is 20.6. The average Bonchev–Trinajstić information content (AvgIpc) is 3.15. The third kappa shape index (κ3) is 2.21. The van der Waals surface area contributed by atoms with Crippen molar-refractivity contribution >= 4 is 11.6 Å². The fourth-order valence-electron chi connectivity index (χ4n) is 3.88. The Morgan fingerprint density at radius 3 is 2.11 bits per heavy atom. The van der Waals surface area contributed by atoms with Crippen LogP contribution in [0.1, 0.15) is 43.3 Å². The van der Waals surface area contributed by atoms with Gasteiger partial charge in [-0.15, -0.1) is 0 Å². The van der Waals surface area contributed by atoms with E-state index in [1.54, 1.807) is 42.5 Å². The van der Waals surface area contributed by atoms with Crippen molar-refractivity contribution in [3.63, 3.8) is 0 Å². The summed E-state index contributed by atoms with van der Waals surface area (Å²) >= 11 is 0. The van der Waals surface area contributed by atoms with Crippen LogP contribution in [-0.2, 0) is 0 Å². The highest BCUT2D eigenvalue weighted by atomic mass is 16.7. The van der Waals surface area contributed by atoms with E-state index < -0.39 is 11.7 Å². The highest BCUT2D eigenvalue weighted by Crippen LogP contribution is 2.44. The maximum absolute atomic E-state index is 13.5. The fraction of sp³-hybridized carbons (Fsp3) is 0.0909. The Labute approximate surface area is 159 Å². The molecule has 3 aromatic carbocycles. The first-order chi connectivity index (χ1) is 13.6.